The third kappa shape index (κ3) is 3.13. The second kappa shape index (κ2) is 6.63. The van der Waals surface area contributed by atoms with E-state index in [1.165, 1.54) is 11.8 Å². The molecular formula is C23H19NO2S. The van der Waals surface area contributed by atoms with E-state index < -0.39 is 10.0 Å². The lowest BCUT2D eigenvalue weighted by molar-refractivity contribution is 0.598. The number of fused-ring (bicyclic) bond motifs is 2. The van der Waals surface area contributed by atoms with Gasteiger partial charge in [-0.2, -0.15) is 12.8 Å². The minimum Gasteiger partial charge on any atom is -0.199 e. The Balaban J connectivity index is 1.94. The predicted molar refractivity (Wildman–Crippen MR) is 112 cm³/mol. The highest BCUT2D eigenvalue weighted by atomic mass is 32.2. The molecule has 4 heteroatoms. The van der Waals surface area contributed by atoms with E-state index >= 15 is 0 Å². The monoisotopic (exact) mass is 373 g/mol. The van der Waals surface area contributed by atoms with Gasteiger partial charge in [-0.15, -0.1) is 0 Å². The molecule has 0 saturated carbocycles. The molecule has 0 saturated heterocycles. The highest BCUT2D eigenvalue weighted by Crippen LogP contribution is 2.31. The summed E-state index contributed by atoms with van der Waals surface area (Å²) in [5.74, 6) is 0. The molecule has 4 aromatic carbocycles. The summed E-state index contributed by atoms with van der Waals surface area (Å²) in [4.78, 5) is 0.199. The molecule has 0 spiro atoms. The summed E-state index contributed by atoms with van der Waals surface area (Å²) in [5.41, 5.74) is 3.01. The van der Waals surface area contributed by atoms with E-state index in [0.717, 1.165) is 32.7 Å². The van der Waals surface area contributed by atoms with Gasteiger partial charge in [-0.05, 0) is 53.1 Å². The lowest BCUT2D eigenvalue weighted by Gasteiger charge is -2.11. The minimum atomic E-state index is -3.75. The number of rotatable bonds is 3. The van der Waals surface area contributed by atoms with Crippen molar-refractivity contribution < 1.29 is 8.42 Å². The Bertz CT molecular complexity index is 1230. The third-order valence-corrected chi connectivity index (χ3v) is 6.13. The number of nitrogens with zero attached hydrogens (tertiary/aromatic N) is 1. The molecule has 134 valence electrons. The minimum absolute atomic E-state index is 0.199. The van der Waals surface area contributed by atoms with Crippen LogP contribution in [0.15, 0.2) is 82.1 Å². The lowest BCUT2D eigenvalue weighted by atomic mass is 9.93. The van der Waals surface area contributed by atoms with Crippen molar-refractivity contribution in [2.45, 2.75) is 18.7 Å². The molecule has 0 heterocycles. The Morgan fingerprint density at radius 1 is 0.704 bits per heavy atom. The molecule has 0 N–H and O–H groups in total. The van der Waals surface area contributed by atoms with Gasteiger partial charge in [0.1, 0.15) is 0 Å². The van der Waals surface area contributed by atoms with Gasteiger partial charge in [0.05, 0.1) is 4.90 Å². The molecule has 0 atom stereocenters. The summed E-state index contributed by atoms with van der Waals surface area (Å²) in [6.45, 7) is 4.01. The molecule has 4 rings (SSSR count). The zero-order valence-corrected chi connectivity index (χ0v) is 16.0. The molecule has 0 aliphatic rings. The molecule has 0 unspecified atom stereocenters. The van der Waals surface area contributed by atoms with Gasteiger partial charge in [0, 0.05) is 11.8 Å². The van der Waals surface area contributed by atoms with Crippen molar-refractivity contribution in [3.8, 4) is 0 Å². The second-order valence-corrected chi connectivity index (χ2v) is 8.28. The third-order valence-electron chi connectivity index (χ3n) is 4.88. The molecular weight excluding hydrogens is 354 g/mol. The van der Waals surface area contributed by atoms with E-state index in [1.54, 1.807) is 24.3 Å². The van der Waals surface area contributed by atoms with E-state index in [9.17, 15) is 8.42 Å². The van der Waals surface area contributed by atoms with Gasteiger partial charge in [0.2, 0.25) is 0 Å². The smallest absolute Gasteiger partial charge is 0.199 e. The van der Waals surface area contributed by atoms with Crippen LogP contribution in [-0.2, 0) is 10.0 Å². The molecule has 0 aromatic heterocycles. The first kappa shape index (κ1) is 17.4. The van der Waals surface area contributed by atoms with Gasteiger partial charge < -0.3 is 0 Å². The van der Waals surface area contributed by atoms with Crippen LogP contribution in [0.5, 0.6) is 0 Å². The molecule has 4 aromatic rings. The van der Waals surface area contributed by atoms with Crippen LogP contribution in [0, 0.1) is 13.8 Å². The van der Waals surface area contributed by atoms with Crippen LogP contribution in [0.3, 0.4) is 0 Å². The zero-order valence-electron chi connectivity index (χ0n) is 15.2. The first-order chi connectivity index (χ1) is 13.0. The number of benzene rings is 4. The fourth-order valence-electron chi connectivity index (χ4n) is 3.41. The summed E-state index contributed by atoms with van der Waals surface area (Å²) >= 11 is 0. The molecule has 0 bridgehead atoms. The van der Waals surface area contributed by atoms with Crippen molar-refractivity contribution >= 4 is 37.8 Å². The standard InChI is InChI=1S/C23H19NO2S/c1-16-11-13-18(14-12-16)27(25,26)24-15-23-21-9-5-3-7-19(21)17(2)20-8-4-6-10-22(20)23/h3-15H,1-2H3/b24-15+. The SMILES string of the molecule is Cc1ccc(S(=O)(=O)/N=C/c2c3ccccc3c(C)c3ccccc23)cc1. The van der Waals surface area contributed by atoms with Crippen molar-refractivity contribution in [1.82, 2.24) is 0 Å². The van der Waals surface area contributed by atoms with Crippen molar-refractivity contribution in [1.29, 1.82) is 0 Å². The average Bonchev–Trinajstić information content (AvgIpc) is 2.68. The van der Waals surface area contributed by atoms with Crippen molar-refractivity contribution in [3.63, 3.8) is 0 Å². The molecule has 0 radical (unpaired) electrons. The van der Waals surface area contributed by atoms with Crippen molar-refractivity contribution in [3.05, 3.63) is 89.5 Å². The van der Waals surface area contributed by atoms with Gasteiger partial charge in [-0.25, -0.2) is 0 Å². The molecule has 3 nitrogen and oxygen atoms in total. The maximum absolute atomic E-state index is 12.7. The van der Waals surface area contributed by atoms with Crippen LogP contribution in [-0.4, -0.2) is 14.6 Å². The molecule has 0 amide bonds. The Labute approximate surface area is 159 Å². The summed E-state index contributed by atoms with van der Waals surface area (Å²) in [6, 6.07) is 22.8. The summed E-state index contributed by atoms with van der Waals surface area (Å²) < 4.78 is 29.3. The molecule has 27 heavy (non-hydrogen) atoms. The van der Waals surface area contributed by atoms with E-state index in [1.807, 2.05) is 43.3 Å². The molecule has 0 aliphatic heterocycles. The van der Waals surface area contributed by atoms with Gasteiger partial charge >= 0.3 is 0 Å². The molecule has 0 fully saturated rings. The maximum atomic E-state index is 12.7. The fraction of sp³-hybridized carbons (Fsp3) is 0.0870. The number of hydrogen-bond donors (Lipinski definition) is 0. The quantitative estimate of drug-likeness (QED) is 0.356. The van der Waals surface area contributed by atoms with Gasteiger partial charge in [-0.3, -0.25) is 0 Å². The largest absolute Gasteiger partial charge is 0.282 e. The Kier molecular flexibility index (Phi) is 4.28. The Morgan fingerprint density at radius 2 is 1.19 bits per heavy atom. The summed E-state index contributed by atoms with van der Waals surface area (Å²) in [6.07, 6.45) is 1.49. The first-order valence-electron chi connectivity index (χ1n) is 8.74. The number of hydrogen-bond acceptors (Lipinski definition) is 2. The van der Waals surface area contributed by atoms with Gasteiger partial charge in [0.25, 0.3) is 10.0 Å². The van der Waals surface area contributed by atoms with Crippen LogP contribution in [0.25, 0.3) is 21.5 Å². The first-order valence-corrected chi connectivity index (χ1v) is 10.2. The van der Waals surface area contributed by atoms with Crippen LogP contribution in [0.1, 0.15) is 16.7 Å². The second-order valence-electron chi connectivity index (χ2n) is 6.65. The highest BCUT2D eigenvalue weighted by molar-refractivity contribution is 7.90. The average molecular weight is 373 g/mol. The Morgan fingerprint density at radius 3 is 1.70 bits per heavy atom. The topological polar surface area (TPSA) is 46.5 Å². The molecule has 0 aliphatic carbocycles. The normalized spacial score (nSPS) is 12.2. The van der Waals surface area contributed by atoms with Crippen LogP contribution >= 0.6 is 0 Å². The fourth-order valence-corrected chi connectivity index (χ4v) is 4.26. The van der Waals surface area contributed by atoms with Crippen molar-refractivity contribution in [2.24, 2.45) is 4.40 Å². The van der Waals surface area contributed by atoms with Gasteiger partial charge in [0.15, 0.2) is 0 Å². The van der Waals surface area contributed by atoms with E-state index in [-0.39, 0.29) is 4.90 Å². The summed E-state index contributed by atoms with van der Waals surface area (Å²) in [7, 11) is -3.75. The van der Waals surface area contributed by atoms with Gasteiger partial charge in [-0.1, -0.05) is 66.2 Å². The Hall–Kier alpha value is -2.98. The van der Waals surface area contributed by atoms with Crippen LogP contribution < -0.4 is 0 Å². The summed E-state index contributed by atoms with van der Waals surface area (Å²) in [5, 5.41) is 4.20. The van der Waals surface area contributed by atoms with E-state index in [0.29, 0.717) is 0 Å². The van der Waals surface area contributed by atoms with E-state index in [4.69, 9.17) is 0 Å². The maximum Gasteiger partial charge on any atom is 0.282 e. The van der Waals surface area contributed by atoms with Crippen LogP contribution in [0.2, 0.25) is 0 Å². The van der Waals surface area contributed by atoms with Crippen molar-refractivity contribution in [2.75, 3.05) is 0 Å². The van der Waals surface area contributed by atoms with E-state index in [2.05, 4.69) is 23.5 Å². The number of sulfonamides is 1. The predicted octanol–water partition coefficient (Wildman–Crippen LogP) is 5.42. The lowest BCUT2D eigenvalue weighted by Crippen LogP contribution is -1.99. The number of aryl methyl sites for hydroxylation is 2. The van der Waals surface area contributed by atoms with Crippen LogP contribution in [0.4, 0.5) is 0 Å². The zero-order chi connectivity index (χ0) is 19.0. The highest BCUT2D eigenvalue weighted by Gasteiger charge is 2.13.